The minimum absolute atomic E-state index is 0.112. The van der Waals surface area contributed by atoms with E-state index in [1.54, 1.807) is 7.11 Å². The van der Waals surface area contributed by atoms with Crippen LogP contribution in [0.5, 0.6) is 0 Å². The summed E-state index contributed by atoms with van der Waals surface area (Å²) in [7, 11) is 1.59. The molecule has 1 heterocycles. The molecular weight excluding hydrogens is 200 g/mol. The van der Waals surface area contributed by atoms with E-state index in [4.69, 9.17) is 14.6 Å². The molecule has 0 unspecified atom stereocenters. The van der Waals surface area contributed by atoms with Crippen molar-refractivity contribution in [2.24, 2.45) is 0 Å². The zero-order valence-corrected chi connectivity index (χ0v) is 7.37. The van der Waals surface area contributed by atoms with E-state index in [1.165, 1.54) is 0 Å². The predicted octanol–water partition coefficient (Wildman–Crippen LogP) is 0.504. The molecule has 3 atom stereocenters. The number of halogens is 1. The van der Waals surface area contributed by atoms with Gasteiger partial charge in [-0.1, -0.05) is 15.9 Å². The highest BCUT2D eigenvalue weighted by molar-refractivity contribution is 9.09. The molecular formula is C6H11BrO3. The Kier molecular flexibility index (Phi) is 3.10. The lowest BCUT2D eigenvalue weighted by Crippen LogP contribution is -2.38. The molecule has 0 aromatic heterocycles. The van der Waals surface area contributed by atoms with Crippen LogP contribution in [-0.4, -0.2) is 36.0 Å². The van der Waals surface area contributed by atoms with Crippen molar-refractivity contribution in [1.29, 1.82) is 0 Å². The van der Waals surface area contributed by atoms with Gasteiger partial charge >= 0.3 is 0 Å². The molecule has 1 aliphatic rings. The Morgan fingerprint density at radius 3 is 2.90 bits per heavy atom. The molecule has 0 amide bonds. The van der Waals surface area contributed by atoms with Gasteiger partial charge in [-0.3, -0.25) is 0 Å². The Bertz CT molecular complexity index is 109. The van der Waals surface area contributed by atoms with Gasteiger partial charge in [0.25, 0.3) is 0 Å². The highest BCUT2D eigenvalue weighted by atomic mass is 79.9. The van der Waals surface area contributed by atoms with Gasteiger partial charge in [-0.25, -0.2) is 0 Å². The van der Waals surface area contributed by atoms with Crippen LogP contribution in [0.3, 0.4) is 0 Å². The fourth-order valence-corrected chi connectivity index (χ4v) is 1.77. The van der Waals surface area contributed by atoms with Crippen LogP contribution in [0.15, 0.2) is 0 Å². The molecule has 1 rings (SSSR count). The molecule has 1 saturated heterocycles. The number of aliphatic hydroxyl groups is 1. The highest BCUT2D eigenvalue weighted by Gasteiger charge is 2.27. The van der Waals surface area contributed by atoms with Crippen LogP contribution in [-0.2, 0) is 9.47 Å². The standard InChI is InChI=1S/C6H11BrO3/c1-9-6-5(7)2-4(8)3-10-6/h4-6,8H,2-3H2,1H3/t4-,5+,6+/m0/s1. The Labute approximate surface area is 68.4 Å². The number of hydrogen-bond acceptors (Lipinski definition) is 3. The first kappa shape index (κ1) is 8.46. The average molecular weight is 211 g/mol. The van der Waals surface area contributed by atoms with Crippen molar-refractivity contribution in [1.82, 2.24) is 0 Å². The SMILES string of the molecule is CO[C@@H]1OC[C@@H](O)C[C@H]1Br. The van der Waals surface area contributed by atoms with Crippen molar-refractivity contribution in [2.75, 3.05) is 13.7 Å². The van der Waals surface area contributed by atoms with Crippen molar-refractivity contribution >= 4 is 15.9 Å². The minimum atomic E-state index is -0.351. The first-order valence-corrected chi connectivity index (χ1v) is 4.12. The summed E-state index contributed by atoms with van der Waals surface area (Å²) < 4.78 is 10.1. The number of alkyl halides is 1. The molecule has 0 aromatic carbocycles. The van der Waals surface area contributed by atoms with Crippen molar-refractivity contribution in [2.45, 2.75) is 23.6 Å². The molecule has 4 heteroatoms. The number of aliphatic hydroxyl groups excluding tert-OH is 1. The van der Waals surface area contributed by atoms with Crippen molar-refractivity contribution in [3.63, 3.8) is 0 Å². The molecule has 60 valence electrons. The highest BCUT2D eigenvalue weighted by Crippen LogP contribution is 2.21. The van der Waals surface area contributed by atoms with Crippen LogP contribution in [0.25, 0.3) is 0 Å². The van der Waals surface area contributed by atoms with Gasteiger partial charge in [0.2, 0.25) is 0 Å². The molecule has 0 spiro atoms. The van der Waals surface area contributed by atoms with Gasteiger partial charge in [0.1, 0.15) is 0 Å². The third-order valence-electron chi connectivity index (χ3n) is 1.48. The number of ether oxygens (including phenoxy) is 2. The van der Waals surface area contributed by atoms with E-state index >= 15 is 0 Å². The second-order valence-electron chi connectivity index (χ2n) is 2.34. The van der Waals surface area contributed by atoms with Gasteiger partial charge in [-0.05, 0) is 6.42 Å². The first-order chi connectivity index (χ1) is 4.74. The Hall–Kier alpha value is 0.360. The van der Waals surface area contributed by atoms with Gasteiger partial charge < -0.3 is 14.6 Å². The molecule has 1 fully saturated rings. The summed E-state index contributed by atoms with van der Waals surface area (Å²) in [4.78, 5) is 0.112. The zero-order valence-electron chi connectivity index (χ0n) is 5.79. The van der Waals surface area contributed by atoms with Gasteiger partial charge in [0.05, 0.1) is 17.5 Å². The lowest BCUT2D eigenvalue weighted by atomic mass is 10.1. The molecule has 0 saturated carbocycles. The molecule has 1 N–H and O–H groups in total. The smallest absolute Gasteiger partial charge is 0.169 e. The van der Waals surface area contributed by atoms with E-state index in [9.17, 15) is 0 Å². The largest absolute Gasteiger partial charge is 0.391 e. The van der Waals surface area contributed by atoms with E-state index in [0.29, 0.717) is 13.0 Å². The van der Waals surface area contributed by atoms with Crippen LogP contribution in [0.2, 0.25) is 0 Å². The first-order valence-electron chi connectivity index (χ1n) is 3.20. The van der Waals surface area contributed by atoms with Crippen molar-refractivity contribution in [3.05, 3.63) is 0 Å². The molecule has 1 aliphatic heterocycles. The second kappa shape index (κ2) is 3.67. The lowest BCUT2D eigenvalue weighted by Gasteiger charge is -2.29. The van der Waals surface area contributed by atoms with Crippen LogP contribution in [0.4, 0.5) is 0 Å². The monoisotopic (exact) mass is 210 g/mol. The lowest BCUT2D eigenvalue weighted by molar-refractivity contribution is -0.166. The van der Waals surface area contributed by atoms with E-state index in [0.717, 1.165) is 0 Å². The number of hydrogen-bond donors (Lipinski definition) is 1. The van der Waals surface area contributed by atoms with Crippen LogP contribution >= 0.6 is 15.9 Å². The van der Waals surface area contributed by atoms with Crippen LogP contribution < -0.4 is 0 Å². The van der Waals surface area contributed by atoms with E-state index in [1.807, 2.05) is 0 Å². The molecule has 3 nitrogen and oxygen atoms in total. The van der Waals surface area contributed by atoms with Gasteiger partial charge in [0, 0.05) is 7.11 Å². The third-order valence-corrected chi connectivity index (χ3v) is 2.28. The molecule has 0 bridgehead atoms. The summed E-state index contributed by atoms with van der Waals surface area (Å²) in [6.45, 7) is 0.376. The van der Waals surface area contributed by atoms with Crippen molar-refractivity contribution < 1.29 is 14.6 Å². The summed E-state index contributed by atoms with van der Waals surface area (Å²) in [6.07, 6.45) is 0.137. The Balaban J connectivity index is 2.36. The second-order valence-corrected chi connectivity index (χ2v) is 3.52. The van der Waals surface area contributed by atoms with Crippen molar-refractivity contribution in [3.8, 4) is 0 Å². The normalized spacial score (nSPS) is 41.7. The van der Waals surface area contributed by atoms with Gasteiger partial charge in [-0.15, -0.1) is 0 Å². The fraction of sp³-hybridized carbons (Fsp3) is 1.00. The maximum absolute atomic E-state index is 9.08. The summed E-state index contributed by atoms with van der Waals surface area (Å²) in [5.41, 5.74) is 0. The fourth-order valence-electron chi connectivity index (χ4n) is 0.965. The van der Waals surface area contributed by atoms with E-state index in [-0.39, 0.29) is 17.2 Å². The van der Waals surface area contributed by atoms with E-state index in [2.05, 4.69) is 15.9 Å². The minimum Gasteiger partial charge on any atom is -0.391 e. The van der Waals surface area contributed by atoms with Crippen LogP contribution in [0, 0.1) is 0 Å². The molecule has 0 aliphatic carbocycles. The maximum atomic E-state index is 9.08. The third kappa shape index (κ3) is 1.92. The zero-order chi connectivity index (χ0) is 7.56. The average Bonchev–Trinajstić information content (AvgIpc) is 1.88. The van der Waals surface area contributed by atoms with Gasteiger partial charge in [-0.2, -0.15) is 0 Å². The summed E-state index contributed by atoms with van der Waals surface area (Å²) in [5, 5.41) is 9.08. The summed E-state index contributed by atoms with van der Waals surface area (Å²) in [5.74, 6) is 0. The number of methoxy groups -OCH3 is 1. The number of rotatable bonds is 1. The Morgan fingerprint density at radius 1 is 1.70 bits per heavy atom. The topological polar surface area (TPSA) is 38.7 Å². The molecule has 0 radical (unpaired) electrons. The van der Waals surface area contributed by atoms with Crippen LogP contribution in [0.1, 0.15) is 6.42 Å². The van der Waals surface area contributed by atoms with E-state index < -0.39 is 0 Å². The quantitative estimate of drug-likeness (QED) is 0.642. The Morgan fingerprint density at radius 2 is 2.40 bits per heavy atom. The molecule has 0 aromatic rings. The molecule has 10 heavy (non-hydrogen) atoms. The summed E-state index contributed by atoms with van der Waals surface area (Å²) >= 11 is 3.35. The maximum Gasteiger partial charge on any atom is 0.169 e. The predicted molar refractivity (Wildman–Crippen MR) is 40.1 cm³/mol. The van der Waals surface area contributed by atoms with Gasteiger partial charge in [0.15, 0.2) is 6.29 Å². The summed E-state index contributed by atoms with van der Waals surface area (Å²) in [6, 6.07) is 0.